The first-order chi connectivity index (χ1) is 8.35. The molecule has 1 aliphatic carbocycles. The number of anilines is 1. The highest BCUT2D eigenvalue weighted by Gasteiger charge is 2.20. The van der Waals surface area contributed by atoms with Crippen LogP contribution in [0, 0.1) is 0 Å². The SMILES string of the molecule is CCN(c1cccc(CCl)n1)C1CCCCC1. The summed E-state index contributed by atoms with van der Waals surface area (Å²) in [6.07, 6.45) is 6.72. The van der Waals surface area contributed by atoms with Crippen LogP contribution in [0.2, 0.25) is 0 Å². The van der Waals surface area contributed by atoms with Crippen LogP contribution >= 0.6 is 11.6 Å². The van der Waals surface area contributed by atoms with Gasteiger partial charge in [-0.2, -0.15) is 0 Å². The van der Waals surface area contributed by atoms with Gasteiger partial charge in [0.2, 0.25) is 0 Å². The summed E-state index contributed by atoms with van der Waals surface area (Å²) in [7, 11) is 0. The van der Waals surface area contributed by atoms with Crippen molar-refractivity contribution in [3.8, 4) is 0 Å². The highest BCUT2D eigenvalue weighted by Crippen LogP contribution is 2.26. The summed E-state index contributed by atoms with van der Waals surface area (Å²) in [4.78, 5) is 7.07. The molecule has 2 rings (SSSR count). The van der Waals surface area contributed by atoms with Gasteiger partial charge in [-0.1, -0.05) is 25.3 Å². The molecule has 0 unspecified atom stereocenters. The lowest BCUT2D eigenvalue weighted by atomic mass is 9.94. The second-order valence-electron chi connectivity index (χ2n) is 4.70. The zero-order chi connectivity index (χ0) is 12.1. The number of alkyl halides is 1. The molecule has 17 heavy (non-hydrogen) atoms. The average molecular weight is 253 g/mol. The highest BCUT2D eigenvalue weighted by molar-refractivity contribution is 6.16. The third kappa shape index (κ3) is 3.12. The van der Waals surface area contributed by atoms with Gasteiger partial charge in [0.05, 0.1) is 11.6 Å². The topological polar surface area (TPSA) is 16.1 Å². The highest BCUT2D eigenvalue weighted by atomic mass is 35.5. The smallest absolute Gasteiger partial charge is 0.129 e. The van der Waals surface area contributed by atoms with Crippen molar-refractivity contribution in [2.45, 2.75) is 50.9 Å². The molecule has 2 nitrogen and oxygen atoms in total. The van der Waals surface area contributed by atoms with Crippen molar-refractivity contribution in [1.29, 1.82) is 0 Å². The summed E-state index contributed by atoms with van der Waals surface area (Å²) in [5, 5.41) is 0. The van der Waals surface area contributed by atoms with Crippen molar-refractivity contribution < 1.29 is 0 Å². The minimum absolute atomic E-state index is 0.496. The Bertz CT molecular complexity index is 348. The van der Waals surface area contributed by atoms with Gasteiger partial charge < -0.3 is 4.90 Å². The first kappa shape index (κ1) is 12.7. The molecule has 1 aromatic rings. The normalized spacial score (nSPS) is 17.1. The molecule has 1 aromatic heterocycles. The van der Waals surface area contributed by atoms with Crippen LogP contribution in [0.15, 0.2) is 18.2 Å². The van der Waals surface area contributed by atoms with Gasteiger partial charge in [0.1, 0.15) is 5.82 Å². The molecule has 0 bridgehead atoms. The Morgan fingerprint density at radius 1 is 1.29 bits per heavy atom. The zero-order valence-corrected chi connectivity index (χ0v) is 11.3. The number of pyridine rings is 1. The Labute approximate surface area is 109 Å². The van der Waals surface area contributed by atoms with E-state index in [1.807, 2.05) is 6.07 Å². The molecule has 0 spiro atoms. The van der Waals surface area contributed by atoms with E-state index in [0.717, 1.165) is 18.1 Å². The summed E-state index contributed by atoms with van der Waals surface area (Å²) in [5.74, 6) is 1.59. The Morgan fingerprint density at radius 2 is 2.06 bits per heavy atom. The van der Waals surface area contributed by atoms with E-state index in [0.29, 0.717) is 11.9 Å². The Morgan fingerprint density at radius 3 is 2.71 bits per heavy atom. The Balaban J connectivity index is 2.15. The van der Waals surface area contributed by atoms with E-state index < -0.39 is 0 Å². The number of rotatable bonds is 4. The van der Waals surface area contributed by atoms with Gasteiger partial charge in [0, 0.05) is 12.6 Å². The lowest BCUT2D eigenvalue weighted by molar-refractivity contribution is 0.416. The Hall–Kier alpha value is -0.760. The van der Waals surface area contributed by atoms with Gasteiger partial charge >= 0.3 is 0 Å². The quantitative estimate of drug-likeness (QED) is 0.754. The first-order valence-electron chi connectivity index (χ1n) is 6.63. The lowest BCUT2D eigenvalue weighted by Gasteiger charge is -2.34. The fourth-order valence-corrected chi connectivity index (χ4v) is 2.85. The summed E-state index contributed by atoms with van der Waals surface area (Å²) in [6, 6.07) is 6.83. The number of hydrogen-bond donors (Lipinski definition) is 0. The van der Waals surface area contributed by atoms with Crippen LogP contribution in [-0.2, 0) is 5.88 Å². The van der Waals surface area contributed by atoms with Crippen molar-refractivity contribution in [3.63, 3.8) is 0 Å². The lowest BCUT2D eigenvalue weighted by Crippen LogP contribution is -2.37. The second kappa shape index (κ2) is 6.25. The van der Waals surface area contributed by atoms with Crippen molar-refractivity contribution in [2.24, 2.45) is 0 Å². The minimum atomic E-state index is 0.496. The molecule has 0 radical (unpaired) electrons. The van der Waals surface area contributed by atoms with E-state index in [2.05, 4.69) is 28.9 Å². The zero-order valence-electron chi connectivity index (χ0n) is 10.5. The second-order valence-corrected chi connectivity index (χ2v) is 4.97. The van der Waals surface area contributed by atoms with E-state index >= 15 is 0 Å². The van der Waals surface area contributed by atoms with Crippen LogP contribution in [0.1, 0.15) is 44.7 Å². The van der Waals surface area contributed by atoms with Crippen molar-refractivity contribution >= 4 is 17.4 Å². The molecule has 0 N–H and O–H groups in total. The molecule has 0 aromatic carbocycles. The maximum atomic E-state index is 5.85. The summed E-state index contributed by atoms with van der Waals surface area (Å²) < 4.78 is 0. The van der Waals surface area contributed by atoms with Crippen molar-refractivity contribution in [2.75, 3.05) is 11.4 Å². The van der Waals surface area contributed by atoms with Gasteiger partial charge in [0.25, 0.3) is 0 Å². The molecule has 0 aliphatic heterocycles. The number of hydrogen-bond acceptors (Lipinski definition) is 2. The third-order valence-electron chi connectivity index (χ3n) is 3.58. The van der Waals surface area contributed by atoms with Gasteiger partial charge in [-0.05, 0) is 31.9 Å². The van der Waals surface area contributed by atoms with E-state index in [1.54, 1.807) is 0 Å². The molecule has 94 valence electrons. The molecule has 3 heteroatoms. The van der Waals surface area contributed by atoms with Crippen molar-refractivity contribution in [3.05, 3.63) is 23.9 Å². The minimum Gasteiger partial charge on any atom is -0.354 e. The molecule has 0 atom stereocenters. The monoisotopic (exact) mass is 252 g/mol. The number of nitrogens with zero attached hydrogens (tertiary/aromatic N) is 2. The van der Waals surface area contributed by atoms with Crippen LogP contribution in [0.3, 0.4) is 0 Å². The summed E-state index contributed by atoms with van der Waals surface area (Å²) >= 11 is 5.85. The van der Waals surface area contributed by atoms with E-state index in [4.69, 9.17) is 11.6 Å². The van der Waals surface area contributed by atoms with Crippen molar-refractivity contribution in [1.82, 2.24) is 4.98 Å². The van der Waals surface area contributed by atoms with Crippen LogP contribution in [0.5, 0.6) is 0 Å². The maximum Gasteiger partial charge on any atom is 0.129 e. The molecule has 1 heterocycles. The third-order valence-corrected chi connectivity index (χ3v) is 3.85. The van der Waals surface area contributed by atoms with Crippen LogP contribution in [0.25, 0.3) is 0 Å². The average Bonchev–Trinajstić information content (AvgIpc) is 2.41. The molecular formula is C14H21ClN2. The van der Waals surface area contributed by atoms with E-state index in [9.17, 15) is 0 Å². The molecule has 1 fully saturated rings. The molecule has 1 saturated carbocycles. The standard InChI is InChI=1S/C14H21ClN2/c1-2-17(13-8-4-3-5-9-13)14-10-6-7-12(11-15)16-14/h6-7,10,13H,2-5,8-9,11H2,1H3. The maximum absolute atomic E-state index is 5.85. The number of aromatic nitrogens is 1. The summed E-state index contributed by atoms with van der Waals surface area (Å²) in [6.45, 7) is 3.24. The summed E-state index contributed by atoms with van der Waals surface area (Å²) in [5.41, 5.74) is 0.971. The molecular weight excluding hydrogens is 232 g/mol. The first-order valence-corrected chi connectivity index (χ1v) is 7.17. The predicted molar refractivity (Wildman–Crippen MR) is 73.7 cm³/mol. The van der Waals surface area contributed by atoms with E-state index in [-0.39, 0.29) is 0 Å². The van der Waals surface area contributed by atoms with Gasteiger partial charge in [0.15, 0.2) is 0 Å². The van der Waals surface area contributed by atoms with Gasteiger partial charge in [-0.3, -0.25) is 0 Å². The predicted octanol–water partition coefficient (Wildman–Crippen LogP) is 3.98. The fourth-order valence-electron chi connectivity index (χ4n) is 2.70. The molecule has 0 saturated heterocycles. The fraction of sp³-hybridized carbons (Fsp3) is 0.643. The van der Waals surface area contributed by atoms with Gasteiger partial charge in [-0.15, -0.1) is 11.6 Å². The van der Waals surface area contributed by atoms with Crippen LogP contribution in [0.4, 0.5) is 5.82 Å². The molecule has 1 aliphatic rings. The molecule has 0 amide bonds. The van der Waals surface area contributed by atoms with Crippen LogP contribution in [-0.4, -0.2) is 17.6 Å². The van der Waals surface area contributed by atoms with E-state index in [1.165, 1.54) is 32.1 Å². The largest absolute Gasteiger partial charge is 0.354 e. The van der Waals surface area contributed by atoms with Gasteiger partial charge in [-0.25, -0.2) is 4.98 Å². The van der Waals surface area contributed by atoms with Crippen LogP contribution < -0.4 is 4.90 Å². The number of halogens is 1. The Kier molecular flexibility index (Phi) is 4.66.